The second-order valence-corrected chi connectivity index (χ2v) is 0.708. The second kappa shape index (κ2) is 23.5. The molecular weight excluding hydrogens is 94.1 g/mol. The summed E-state index contributed by atoms with van der Waals surface area (Å²) in [5.41, 5.74) is 0. The highest BCUT2D eigenvalue weighted by Crippen LogP contribution is 1.46. The van der Waals surface area contributed by atoms with E-state index in [1.807, 2.05) is 6.92 Å². The molecule has 0 aromatic rings. The summed E-state index contributed by atoms with van der Waals surface area (Å²) >= 11 is 3.09. The van der Waals surface area contributed by atoms with Crippen LogP contribution in [0.4, 0.5) is 0 Å². The number of hydrogen-bond donors (Lipinski definition) is 1. The fourth-order valence-electron chi connectivity index (χ4n) is 0. The summed E-state index contributed by atoms with van der Waals surface area (Å²) in [5, 5.41) is 8.63. The van der Waals surface area contributed by atoms with Gasteiger partial charge in [-0.1, -0.05) is 18.7 Å². The van der Waals surface area contributed by atoms with Gasteiger partial charge >= 0.3 is 0 Å². The molecule has 0 heterocycles. The summed E-state index contributed by atoms with van der Waals surface area (Å²) in [4.78, 5) is 0. The minimum atomic E-state index is 1.44. The van der Waals surface area contributed by atoms with Crippen LogP contribution >= 0.6 is 12.6 Å². The quantitative estimate of drug-likeness (QED) is 0.279. The molecule has 0 saturated heterocycles. The molecule has 0 radical (unpaired) electrons. The number of hydrogen-bond acceptors (Lipinski definition) is 2. The molecule has 1 nitrogen and oxygen atoms in total. The summed E-state index contributed by atoms with van der Waals surface area (Å²) in [6.45, 7) is 5.25. The Labute approximate surface area is 43.7 Å². The van der Waals surface area contributed by atoms with Crippen molar-refractivity contribution in [1.29, 1.82) is 5.26 Å². The Bertz CT molecular complexity index is 53.1. The Kier molecular flexibility index (Phi) is 35.8. The van der Waals surface area contributed by atoms with Gasteiger partial charge in [0.2, 0.25) is 0 Å². The number of thiol groups is 1. The lowest BCUT2D eigenvalue weighted by molar-refractivity contribution is 1.57. The minimum absolute atomic E-state index is 1.44. The first kappa shape index (κ1) is 9.13. The largest absolute Gasteiger partial charge is 0.185 e. The van der Waals surface area contributed by atoms with E-state index in [2.05, 4.69) is 19.2 Å². The fourth-order valence-corrected chi connectivity index (χ4v) is 0. The maximum Gasteiger partial charge on any atom is 0.130 e. The molecule has 0 aliphatic carbocycles. The smallest absolute Gasteiger partial charge is 0.130 e. The standard InChI is InChI=1S/C3H6.CHNS/c1-3-2;2-1-3/h3H,1H2,2H3;3H. The summed E-state index contributed by atoms with van der Waals surface area (Å²) in [7, 11) is 0. The second-order valence-electron chi connectivity index (χ2n) is 0.508. The van der Waals surface area contributed by atoms with Crippen molar-refractivity contribution in [3.63, 3.8) is 0 Å². The Morgan fingerprint density at radius 3 is 2.00 bits per heavy atom. The lowest BCUT2D eigenvalue weighted by Crippen LogP contribution is -1.07. The molecule has 34 valence electrons. The van der Waals surface area contributed by atoms with Gasteiger partial charge in [0.1, 0.15) is 5.40 Å². The van der Waals surface area contributed by atoms with Crippen LogP contribution in [0.25, 0.3) is 0 Å². The summed E-state index contributed by atoms with van der Waals surface area (Å²) in [6.07, 6.45) is 1.75. The third-order valence-electron chi connectivity index (χ3n) is 0. The zero-order valence-corrected chi connectivity index (χ0v) is 4.57. The highest BCUT2D eigenvalue weighted by molar-refractivity contribution is 7.85. The van der Waals surface area contributed by atoms with Crippen molar-refractivity contribution in [3.05, 3.63) is 12.7 Å². The molecule has 0 aromatic carbocycles. The van der Waals surface area contributed by atoms with Crippen molar-refractivity contribution in [1.82, 2.24) is 0 Å². The molecule has 0 unspecified atom stereocenters. The lowest BCUT2D eigenvalue weighted by Gasteiger charge is -1.31. The van der Waals surface area contributed by atoms with Crippen LogP contribution in [0.1, 0.15) is 6.92 Å². The van der Waals surface area contributed by atoms with Gasteiger partial charge in [-0.15, -0.1) is 6.58 Å². The average molecular weight is 101 g/mol. The summed E-state index contributed by atoms with van der Waals surface area (Å²) in [5.74, 6) is 0. The molecule has 0 saturated carbocycles. The van der Waals surface area contributed by atoms with Crippen LogP contribution in [0.3, 0.4) is 0 Å². The third-order valence-corrected chi connectivity index (χ3v) is 0. The van der Waals surface area contributed by atoms with Crippen LogP contribution < -0.4 is 0 Å². The van der Waals surface area contributed by atoms with Crippen LogP contribution in [0.2, 0.25) is 0 Å². The summed E-state index contributed by atoms with van der Waals surface area (Å²) < 4.78 is 0. The molecule has 0 aliphatic rings. The molecule has 0 bridgehead atoms. The van der Waals surface area contributed by atoms with Gasteiger partial charge in [-0.3, -0.25) is 0 Å². The van der Waals surface area contributed by atoms with E-state index in [9.17, 15) is 0 Å². The minimum Gasteiger partial charge on any atom is -0.185 e. The Morgan fingerprint density at radius 1 is 2.00 bits per heavy atom. The van der Waals surface area contributed by atoms with E-state index in [4.69, 9.17) is 5.26 Å². The van der Waals surface area contributed by atoms with Gasteiger partial charge in [-0.2, -0.15) is 5.26 Å². The molecule has 0 aromatic heterocycles. The molecule has 0 N–H and O–H groups in total. The van der Waals surface area contributed by atoms with Gasteiger partial charge in [0, 0.05) is 0 Å². The monoisotopic (exact) mass is 101 g/mol. The number of nitrogens with zero attached hydrogens (tertiary/aromatic N) is 1. The van der Waals surface area contributed by atoms with E-state index in [0.717, 1.165) is 0 Å². The maximum atomic E-state index is 7.18. The van der Waals surface area contributed by atoms with E-state index in [-0.39, 0.29) is 0 Å². The number of nitriles is 1. The molecular formula is C4H7NS. The van der Waals surface area contributed by atoms with Crippen LogP contribution in [0, 0.1) is 10.7 Å². The Balaban J connectivity index is 0. The fraction of sp³-hybridized carbons (Fsp3) is 0.250. The van der Waals surface area contributed by atoms with Gasteiger partial charge < -0.3 is 0 Å². The predicted octanol–water partition coefficient (Wildman–Crippen LogP) is 1.59. The van der Waals surface area contributed by atoms with Crippen molar-refractivity contribution >= 4 is 12.6 Å². The molecule has 0 amide bonds. The number of rotatable bonds is 0. The Morgan fingerprint density at radius 2 is 2.00 bits per heavy atom. The van der Waals surface area contributed by atoms with E-state index < -0.39 is 0 Å². The lowest BCUT2D eigenvalue weighted by atomic mass is 10.8. The topological polar surface area (TPSA) is 23.8 Å². The van der Waals surface area contributed by atoms with Crippen LogP contribution in [0.5, 0.6) is 0 Å². The zero-order valence-electron chi connectivity index (χ0n) is 3.68. The molecule has 0 aliphatic heterocycles. The van der Waals surface area contributed by atoms with Crippen molar-refractivity contribution in [2.75, 3.05) is 0 Å². The van der Waals surface area contributed by atoms with Gasteiger partial charge in [-0.25, -0.2) is 0 Å². The van der Waals surface area contributed by atoms with E-state index in [1.54, 1.807) is 6.08 Å². The van der Waals surface area contributed by atoms with Crippen molar-refractivity contribution in [2.24, 2.45) is 0 Å². The van der Waals surface area contributed by atoms with Crippen molar-refractivity contribution in [3.8, 4) is 5.40 Å². The number of allylic oxidation sites excluding steroid dienone is 1. The SMILES string of the molecule is C=CC.N#CS. The van der Waals surface area contributed by atoms with Gasteiger partial charge in [-0.05, 0) is 6.92 Å². The molecule has 0 atom stereocenters. The van der Waals surface area contributed by atoms with Crippen LogP contribution in [0.15, 0.2) is 12.7 Å². The average Bonchev–Trinajstić information content (AvgIpc) is 1.39. The number of thiocyanates is 1. The van der Waals surface area contributed by atoms with Gasteiger partial charge in [0.05, 0.1) is 0 Å². The molecule has 2 heteroatoms. The molecule has 6 heavy (non-hydrogen) atoms. The molecule has 0 spiro atoms. The summed E-state index contributed by atoms with van der Waals surface area (Å²) in [6, 6.07) is 0. The van der Waals surface area contributed by atoms with Crippen LogP contribution in [-0.4, -0.2) is 0 Å². The van der Waals surface area contributed by atoms with Crippen molar-refractivity contribution < 1.29 is 0 Å². The highest BCUT2D eigenvalue weighted by Gasteiger charge is 1.18. The van der Waals surface area contributed by atoms with E-state index in [1.165, 1.54) is 5.40 Å². The maximum absolute atomic E-state index is 7.18. The van der Waals surface area contributed by atoms with Gasteiger partial charge in [0.15, 0.2) is 0 Å². The van der Waals surface area contributed by atoms with Gasteiger partial charge in [0.25, 0.3) is 0 Å². The van der Waals surface area contributed by atoms with E-state index >= 15 is 0 Å². The first-order valence-electron chi connectivity index (χ1n) is 1.43. The van der Waals surface area contributed by atoms with E-state index in [0.29, 0.717) is 0 Å². The van der Waals surface area contributed by atoms with Crippen molar-refractivity contribution in [2.45, 2.75) is 6.92 Å². The third kappa shape index (κ3) is 135. The Hall–Kier alpha value is -0.420. The van der Waals surface area contributed by atoms with Crippen LogP contribution in [-0.2, 0) is 0 Å². The normalized spacial score (nSPS) is 3.50. The highest BCUT2D eigenvalue weighted by atomic mass is 32.1. The first-order valence-corrected chi connectivity index (χ1v) is 1.88. The molecule has 0 fully saturated rings. The predicted molar refractivity (Wildman–Crippen MR) is 30.5 cm³/mol. The zero-order chi connectivity index (χ0) is 5.41. The molecule has 0 rings (SSSR count). The first-order chi connectivity index (χ1) is 2.83.